The van der Waals surface area contributed by atoms with Crippen molar-refractivity contribution < 1.29 is 4.74 Å². The maximum Gasteiger partial charge on any atom is 0.0721 e. The van der Waals surface area contributed by atoms with Crippen LogP contribution in [-0.2, 0) is 17.8 Å². The molecule has 0 radical (unpaired) electrons. The Labute approximate surface area is 132 Å². The van der Waals surface area contributed by atoms with Crippen molar-refractivity contribution in [3.05, 3.63) is 71.8 Å². The molecule has 22 heavy (non-hydrogen) atoms. The van der Waals surface area contributed by atoms with Gasteiger partial charge in [0.15, 0.2) is 0 Å². The predicted octanol–water partition coefficient (Wildman–Crippen LogP) is 3.15. The fraction of sp³-hybridized carbons (Fsp3) is 0.368. The van der Waals surface area contributed by atoms with Crippen molar-refractivity contribution in [1.82, 2.24) is 5.01 Å². The van der Waals surface area contributed by atoms with Gasteiger partial charge in [-0.25, -0.2) is 5.01 Å². The third-order valence-corrected chi connectivity index (χ3v) is 4.35. The molecule has 3 heteroatoms. The van der Waals surface area contributed by atoms with E-state index in [2.05, 4.69) is 42.5 Å². The van der Waals surface area contributed by atoms with Crippen molar-refractivity contribution in [1.29, 1.82) is 0 Å². The van der Waals surface area contributed by atoms with Gasteiger partial charge in [0.05, 0.1) is 12.7 Å². The van der Waals surface area contributed by atoms with Crippen LogP contribution >= 0.6 is 0 Å². The van der Waals surface area contributed by atoms with Crippen LogP contribution in [0.25, 0.3) is 0 Å². The second kappa shape index (κ2) is 7.54. The number of piperidine rings is 1. The molecule has 2 N–H and O–H groups in total. The average molecular weight is 296 g/mol. The molecule has 0 aliphatic carbocycles. The van der Waals surface area contributed by atoms with Gasteiger partial charge < -0.3 is 4.74 Å². The molecule has 0 aromatic heterocycles. The fourth-order valence-electron chi connectivity index (χ4n) is 3.05. The number of nitrogens with two attached hydrogens (primary N) is 1. The maximum absolute atomic E-state index is 6.24. The molecule has 1 aliphatic heterocycles. The Morgan fingerprint density at radius 1 is 0.909 bits per heavy atom. The lowest BCUT2D eigenvalue weighted by atomic mass is 9.96. The molecule has 0 saturated carbocycles. The largest absolute Gasteiger partial charge is 0.372 e. The summed E-state index contributed by atoms with van der Waals surface area (Å²) >= 11 is 0. The molecule has 116 valence electrons. The van der Waals surface area contributed by atoms with Gasteiger partial charge in [0.2, 0.25) is 0 Å². The van der Waals surface area contributed by atoms with E-state index in [1.54, 1.807) is 0 Å². The van der Waals surface area contributed by atoms with Crippen LogP contribution in [0.4, 0.5) is 0 Å². The van der Waals surface area contributed by atoms with Crippen LogP contribution in [0.2, 0.25) is 0 Å². The van der Waals surface area contributed by atoms with Gasteiger partial charge >= 0.3 is 0 Å². The molecule has 1 fully saturated rings. The Morgan fingerprint density at radius 2 is 1.55 bits per heavy atom. The van der Waals surface area contributed by atoms with Gasteiger partial charge in [-0.05, 0) is 30.4 Å². The first-order valence-electron chi connectivity index (χ1n) is 8.02. The van der Waals surface area contributed by atoms with E-state index in [0.29, 0.717) is 12.6 Å². The smallest absolute Gasteiger partial charge is 0.0721 e. The number of hydrogen-bond donors (Lipinski definition) is 1. The molecule has 0 spiro atoms. The summed E-state index contributed by atoms with van der Waals surface area (Å²) in [6, 6.07) is 21.3. The van der Waals surface area contributed by atoms with Crippen molar-refractivity contribution in [3.8, 4) is 0 Å². The number of nitrogens with zero attached hydrogens (tertiary/aromatic N) is 1. The summed E-state index contributed by atoms with van der Waals surface area (Å²) in [6.07, 6.45) is 3.42. The SMILES string of the molecule is NN1CC(OCc2ccccc2)CC[C@@H]1Cc1ccccc1. The molecule has 1 heterocycles. The predicted molar refractivity (Wildman–Crippen MR) is 89.1 cm³/mol. The zero-order valence-corrected chi connectivity index (χ0v) is 12.9. The minimum Gasteiger partial charge on any atom is -0.372 e. The molecule has 2 atom stereocenters. The average Bonchev–Trinajstić information content (AvgIpc) is 2.57. The first kappa shape index (κ1) is 15.2. The van der Waals surface area contributed by atoms with Crippen molar-refractivity contribution in [2.75, 3.05) is 6.54 Å². The molecule has 1 unspecified atom stereocenters. The van der Waals surface area contributed by atoms with E-state index in [4.69, 9.17) is 10.6 Å². The molecule has 0 bridgehead atoms. The van der Waals surface area contributed by atoms with Crippen LogP contribution in [0.5, 0.6) is 0 Å². The van der Waals surface area contributed by atoms with Crippen molar-refractivity contribution in [2.45, 2.75) is 38.0 Å². The van der Waals surface area contributed by atoms with Gasteiger partial charge in [0, 0.05) is 12.6 Å². The summed E-state index contributed by atoms with van der Waals surface area (Å²) in [5.41, 5.74) is 2.57. The summed E-state index contributed by atoms with van der Waals surface area (Å²) in [7, 11) is 0. The highest BCUT2D eigenvalue weighted by Crippen LogP contribution is 2.21. The number of hydrazine groups is 1. The van der Waals surface area contributed by atoms with Gasteiger partial charge in [-0.15, -0.1) is 0 Å². The molecule has 0 amide bonds. The van der Waals surface area contributed by atoms with Crippen LogP contribution in [0.15, 0.2) is 60.7 Å². The lowest BCUT2D eigenvalue weighted by molar-refractivity contribution is -0.0288. The van der Waals surface area contributed by atoms with E-state index in [9.17, 15) is 0 Å². The molecule has 3 rings (SSSR count). The van der Waals surface area contributed by atoms with E-state index in [1.165, 1.54) is 11.1 Å². The molecule has 1 aliphatic rings. The number of hydrogen-bond acceptors (Lipinski definition) is 3. The van der Waals surface area contributed by atoms with Crippen molar-refractivity contribution >= 4 is 0 Å². The Morgan fingerprint density at radius 3 is 2.18 bits per heavy atom. The van der Waals surface area contributed by atoms with Gasteiger partial charge in [-0.3, -0.25) is 5.84 Å². The zero-order valence-electron chi connectivity index (χ0n) is 12.9. The highest BCUT2D eigenvalue weighted by Gasteiger charge is 2.26. The minimum absolute atomic E-state index is 0.234. The summed E-state index contributed by atoms with van der Waals surface area (Å²) < 4.78 is 6.02. The van der Waals surface area contributed by atoms with Gasteiger partial charge in [0.1, 0.15) is 0 Å². The van der Waals surface area contributed by atoms with Crippen molar-refractivity contribution in [3.63, 3.8) is 0 Å². The van der Waals surface area contributed by atoms with Crippen LogP contribution in [-0.4, -0.2) is 23.7 Å². The van der Waals surface area contributed by atoms with E-state index < -0.39 is 0 Å². The summed E-state index contributed by atoms with van der Waals surface area (Å²) in [4.78, 5) is 0. The highest BCUT2D eigenvalue weighted by atomic mass is 16.5. The van der Waals surface area contributed by atoms with E-state index >= 15 is 0 Å². The molecule has 2 aromatic carbocycles. The Balaban J connectivity index is 1.47. The number of benzene rings is 2. The summed E-state index contributed by atoms with van der Waals surface area (Å²) in [5, 5.41) is 1.96. The molecule has 1 saturated heterocycles. The van der Waals surface area contributed by atoms with Gasteiger partial charge in [-0.2, -0.15) is 0 Å². The molecule has 2 aromatic rings. The zero-order chi connectivity index (χ0) is 15.2. The normalized spacial score (nSPS) is 22.6. The van der Waals surface area contributed by atoms with E-state index in [0.717, 1.165) is 25.8 Å². The monoisotopic (exact) mass is 296 g/mol. The van der Waals surface area contributed by atoms with Crippen LogP contribution < -0.4 is 5.84 Å². The Hall–Kier alpha value is -1.68. The second-order valence-electron chi connectivity index (χ2n) is 6.04. The standard InChI is InChI=1S/C19H24N2O/c20-21-14-19(22-15-17-9-5-2-6-10-17)12-11-18(21)13-16-7-3-1-4-8-16/h1-10,18-19H,11-15,20H2/t18-,19?/m1/s1. The topological polar surface area (TPSA) is 38.5 Å². The third-order valence-electron chi connectivity index (χ3n) is 4.35. The van der Waals surface area contributed by atoms with Crippen LogP contribution in [0.3, 0.4) is 0 Å². The first-order chi connectivity index (χ1) is 10.8. The lowest BCUT2D eigenvalue weighted by Crippen LogP contribution is -2.51. The second-order valence-corrected chi connectivity index (χ2v) is 6.04. The fourth-order valence-corrected chi connectivity index (χ4v) is 3.05. The van der Waals surface area contributed by atoms with Crippen molar-refractivity contribution in [2.24, 2.45) is 5.84 Å². The quantitative estimate of drug-likeness (QED) is 0.861. The van der Waals surface area contributed by atoms with Gasteiger partial charge in [-0.1, -0.05) is 60.7 Å². The van der Waals surface area contributed by atoms with E-state index in [1.807, 2.05) is 23.2 Å². The maximum atomic E-state index is 6.24. The van der Waals surface area contributed by atoms with Gasteiger partial charge in [0.25, 0.3) is 0 Å². The minimum atomic E-state index is 0.234. The Bertz CT molecular complexity index is 558. The Kier molecular flexibility index (Phi) is 5.22. The van der Waals surface area contributed by atoms with E-state index in [-0.39, 0.29) is 6.10 Å². The molecular weight excluding hydrogens is 272 g/mol. The van der Waals surface area contributed by atoms with Crippen LogP contribution in [0, 0.1) is 0 Å². The molecular formula is C19H24N2O. The third kappa shape index (κ3) is 4.17. The molecule has 3 nitrogen and oxygen atoms in total. The summed E-state index contributed by atoms with van der Waals surface area (Å²) in [5.74, 6) is 6.24. The highest BCUT2D eigenvalue weighted by molar-refractivity contribution is 5.16. The first-order valence-corrected chi connectivity index (χ1v) is 8.02. The summed E-state index contributed by atoms with van der Waals surface area (Å²) in [6.45, 7) is 1.48. The number of rotatable bonds is 5. The van der Waals surface area contributed by atoms with Crippen LogP contribution in [0.1, 0.15) is 24.0 Å². The number of ether oxygens (including phenoxy) is 1. The lowest BCUT2D eigenvalue weighted by Gasteiger charge is -2.36.